The van der Waals surface area contributed by atoms with Crippen molar-refractivity contribution in [2.45, 2.75) is 6.61 Å². The van der Waals surface area contributed by atoms with E-state index in [1.54, 1.807) is 18.3 Å². The van der Waals surface area contributed by atoms with Crippen molar-refractivity contribution in [2.75, 3.05) is 5.73 Å². The molecule has 0 spiro atoms. The molecule has 0 unspecified atom stereocenters. The summed E-state index contributed by atoms with van der Waals surface area (Å²) in [5, 5.41) is 10.8. The van der Waals surface area contributed by atoms with Gasteiger partial charge in [0, 0.05) is 23.9 Å². The third-order valence-electron chi connectivity index (χ3n) is 2.37. The summed E-state index contributed by atoms with van der Waals surface area (Å²) in [6, 6.07) is 7.49. The van der Waals surface area contributed by atoms with E-state index < -0.39 is 4.92 Å². The van der Waals surface area contributed by atoms with Crippen molar-refractivity contribution in [3.8, 4) is 5.75 Å². The minimum Gasteiger partial charge on any atom is -0.487 e. The number of ether oxygens (including phenoxy) is 1. The summed E-state index contributed by atoms with van der Waals surface area (Å²) < 4.78 is 5.46. The summed E-state index contributed by atoms with van der Waals surface area (Å²) in [6.07, 6.45) is 1.59. The molecule has 6 nitrogen and oxygen atoms in total. The van der Waals surface area contributed by atoms with Crippen LogP contribution in [0.3, 0.4) is 0 Å². The van der Waals surface area contributed by atoms with Crippen LogP contribution in [-0.2, 0) is 6.61 Å². The van der Waals surface area contributed by atoms with E-state index in [0.717, 1.165) is 5.56 Å². The summed E-state index contributed by atoms with van der Waals surface area (Å²) in [4.78, 5) is 14.0. The largest absolute Gasteiger partial charge is 0.487 e. The molecule has 1 heterocycles. The van der Waals surface area contributed by atoms with E-state index in [0.29, 0.717) is 11.6 Å². The Labute approximate surface area is 113 Å². The number of pyridine rings is 1. The Morgan fingerprint density at radius 3 is 2.74 bits per heavy atom. The molecule has 0 aliphatic heterocycles. The van der Waals surface area contributed by atoms with E-state index in [1.807, 2.05) is 0 Å². The number of nitrogens with zero attached hydrogens (tertiary/aromatic N) is 2. The smallest absolute Gasteiger partial charge is 0.271 e. The summed E-state index contributed by atoms with van der Waals surface area (Å²) >= 11 is 5.90. The van der Waals surface area contributed by atoms with Gasteiger partial charge in [-0.3, -0.25) is 10.1 Å². The number of hydrogen-bond acceptors (Lipinski definition) is 5. The number of nitro groups is 1. The van der Waals surface area contributed by atoms with Crippen LogP contribution >= 0.6 is 11.6 Å². The zero-order valence-electron chi connectivity index (χ0n) is 9.75. The summed E-state index contributed by atoms with van der Waals surface area (Å²) in [7, 11) is 0. The number of hydrogen-bond donors (Lipinski definition) is 1. The average molecular weight is 280 g/mol. The maximum absolute atomic E-state index is 10.6. The van der Waals surface area contributed by atoms with Crippen molar-refractivity contribution in [2.24, 2.45) is 0 Å². The topological polar surface area (TPSA) is 91.3 Å². The fourth-order valence-electron chi connectivity index (χ4n) is 1.40. The molecule has 2 rings (SSSR count). The predicted octanol–water partition coefficient (Wildman–Crippen LogP) is 2.80. The second-order valence-electron chi connectivity index (χ2n) is 3.75. The van der Waals surface area contributed by atoms with E-state index >= 15 is 0 Å². The molecule has 2 N–H and O–H groups in total. The highest BCUT2D eigenvalue weighted by Gasteiger charge is 2.10. The fraction of sp³-hybridized carbons (Fsp3) is 0.0833. The summed E-state index contributed by atoms with van der Waals surface area (Å²) in [5.41, 5.74) is 6.21. The number of nitrogen functional groups attached to an aromatic ring is 1. The molecule has 0 saturated heterocycles. The molecule has 0 saturated carbocycles. The minimum atomic E-state index is -0.514. The monoisotopic (exact) mass is 279 g/mol. The summed E-state index contributed by atoms with van der Waals surface area (Å²) in [5.74, 6) is 0.807. The first-order valence-corrected chi connectivity index (χ1v) is 5.71. The van der Waals surface area contributed by atoms with Crippen molar-refractivity contribution in [3.63, 3.8) is 0 Å². The van der Waals surface area contributed by atoms with Crippen LogP contribution in [-0.4, -0.2) is 9.91 Å². The highest BCUT2D eigenvalue weighted by Crippen LogP contribution is 2.29. The van der Waals surface area contributed by atoms with Gasteiger partial charge >= 0.3 is 0 Å². The molecule has 19 heavy (non-hydrogen) atoms. The van der Waals surface area contributed by atoms with Crippen LogP contribution in [0.2, 0.25) is 5.02 Å². The lowest BCUT2D eigenvalue weighted by Crippen LogP contribution is -1.98. The number of benzene rings is 1. The Balaban J connectivity index is 2.07. The number of nitro benzene ring substituents is 1. The third-order valence-corrected chi connectivity index (χ3v) is 2.66. The molecule has 0 aliphatic carbocycles. The molecule has 98 valence electrons. The third kappa shape index (κ3) is 3.32. The quantitative estimate of drug-likeness (QED) is 0.686. The van der Waals surface area contributed by atoms with Crippen LogP contribution in [0.5, 0.6) is 5.75 Å². The first-order chi connectivity index (χ1) is 9.06. The van der Waals surface area contributed by atoms with Gasteiger partial charge in [-0.1, -0.05) is 17.7 Å². The lowest BCUT2D eigenvalue weighted by atomic mass is 10.3. The number of rotatable bonds is 4. The van der Waals surface area contributed by atoms with E-state index in [9.17, 15) is 10.1 Å². The first-order valence-electron chi connectivity index (χ1n) is 5.33. The number of nitrogens with two attached hydrogens (primary N) is 1. The standard InChI is InChI=1S/C12H10ClN3O3/c13-10-5-9(16(17)18)2-3-11(10)19-7-8-1-4-12(14)15-6-8/h1-6H,7H2,(H2,14,15). The van der Waals surface area contributed by atoms with Crippen LogP contribution in [0.25, 0.3) is 0 Å². The highest BCUT2D eigenvalue weighted by atomic mass is 35.5. The normalized spacial score (nSPS) is 10.2. The van der Waals surface area contributed by atoms with Gasteiger partial charge in [0.25, 0.3) is 5.69 Å². The molecule has 0 amide bonds. The van der Waals surface area contributed by atoms with Gasteiger partial charge in [0.15, 0.2) is 0 Å². The molecule has 0 radical (unpaired) electrons. The van der Waals surface area contributed by atoms with Crippen molar-refractivity contribution >= 4 is 23.1 Å². The molecular weight excluding hydrogens is 270 g/mol. The van der Waals surface area contributed by atoms with Crippen LogP contribution in [0.15, 0.2) is 36.5 Å². The van der Waals surface area contributed by atoms with Crippen molar-refractivity contribution in [1.82, 2.24) is 4.98 Å². The lowest BCUT2D eigenvalue weighted by molar-refractivity contribution is -0.384. The maximum atomic E-state index is 10.6. The molecule has 2 aromatic rings. The van der Waals surface area contributed by atoms with Crippen LogP contribution in [0.1, 0.15) is 5.56 Å². The molecule has 7 heteroatoms. The van der Waals surface area contributed by atoms with Crippen LogP contribution in [0, 0.1) is 10.1 Å². The molecule has 0 aliphatic rings. The van der Waals surface area contributed by atoms with Crippen molar-refractivity contribution < 1.29 is 9.66 Å². The molecule has 1 aromatic carbocycles. The van der Waals surface area contributed by atoms with Crippen LogP contribution < -0.4 is 10.5 Å². The molecular formula is C12H10ClN3O3. The SMILES string of the molecule is Nc1ccc(COc2ccc([N+](=O)[O-])cc2Cl)cn1. The second kappa shape index (κ2) is 5.53. The minimum absolute atomic E-state index is 0.0773. The number of aromatic nitrogens is 1. The maximum Gasteiger partial charge on any atom is 0.271 e. The van der Waals surface area contributed by atoms with Gasteiger partial charge in [-0.2, -0.15) is 0 Å². The van der Waals surface area contributed by atoms with E-state index in [1.165, 1.54) is 18.2 Å². The zero-order chi connectivity index (χ0) is 13.8. The van der Waals surface area contributed by atoms with Crippen molar-refractivity contribution in [1.29, 1.82) is 0 Å². The Morgan fingerprint density at radius 1 is 1.37 bits per heavy atom. The Kier molecular flexibility index (Phi) is 3.82. The van der Waals surface area contributed by atoms with Gasteiger partial charge in [-0.15, -0.1) is 0 Å². The second-order valence-corrected chi connectivity index (χ2v) is 4.16. The molecule has 0 bridgehead atoms. The Hall–Kier alpha value is -2.34. The number of anilines is 1. The molecule has 0 atom stereocenters. The number of non-ortho nitro benzene ring substituents is 1. The van der Waals surface area contributed by atoms with E-state index in [2.05, 4.69) is 4.98 Å². The zero-order valence-corrected chi connectivity index (χ0v) is 10.5. The molecule has 1 aromatic heterocycles. The van der Waals surface area contributed by atoms with E-state index in [-0.39, 0.29) is 17.3 Å². The Bertz CT molecular complexity index is 602. The van der Waals surface area contributed by atoms with Gasteiger partial charge in [-0.05, 0) is 12.1 Å². The first kappa shape index (κ1) is 13.1. The highest BCUT2D eigenvalue weighted by molar-refractivity contribution is 6.32. The average Bonchev–Trinajstić information content (AvgIpc) is 2.39. The van der Waals surface area contributed by atoms with Crippen molar-refractivity contribution in [3.05, 3.63) is 57.2 Å². The Morgan fingerprint density at radius 2 is 2.16 bits per heavy atom. The predicted molar refractivity (Wildman–Crippen MR) is 71.1 cm³/mol. The molecule has 0 fully saturated rings. The van der Waals surface area contributed by atoms with Gasteiger partial charge in [0.1, 0.15) is 18.2 Å². The van der Waals surface area contributed by atoms with Gasteiger partial charge < -0.3 is 10.5 Å². The van der Waals surface area contributed by atoms with Gasteiger partial charge in [-0.25, -0.2) is 4.98 Å². The van der Waals surface area contributed by atoms with E-state index in [4.69, 9.17) is 22.1 Å². The van der Waals surface area contributed by atoms with Crippen LogP contribution in [0.4, 0.5) is 11.5 Å². The summed E-state index contributed by atoms with van der Waals surface area (Å²) in [6.45, 7) is 0.255. The number of halogens is 1. The lowest BCUT2D eigenvalue weighted by Gasteiger charge is -2.07. The fourth-order valence-corrected chi connectivity index (χ4v) is 1.63. The van der Waals surface area contributed by atoms with Gasteiger partial charge in [0.05, 0.1) is 9.95 Å². The van der Waals surface area contributed by atoms with Gasteiger partial charge in [0.2, 0.25) is 0 Å².